The minimum Gasteiger partial charge on any atom is -0.489 e. The molecule has 0 aliphatic rings. The van der Waals surface area contributed by atoms with E-state index in [1.165, 1.54) is 12.1 Å². The average Bonchev–Trinajstić information content (AvgIpc) is 3.18. The number of ether oxygens (including phenoxy) is 1. The number of hydrogen-bond donors (Lipinski definition) is 1. The van der Waals surface area contributed by atoms with E-state index in [9.17, 15) is 18.0 Å². The number of carbonyl (C=O) groups excluding carboxylic acids is 1. The quantitative estimate of drug-likeness (QED) is 0.503. The van der Waals surface area contributed by atoms with Crippen LogP contribution >= 0.6 is 11.3 Å². The van der Waals surface area contributed by atoms with Gasteiger partial charge in [-0.2, -0.15) is 0 Å². The Kier molecular flexibility index (Phi) is 7.10. The van der Waals surface area contributed by atoms with Crippen LogP contribution in [0, 0.1) is 23.4 Å². The fourth-order valence-corrected chi connectivity index (χ4v) is 3.47. The van der Waals surface area contributed by atoms with Crippen LogP contribution in [0.4, 0.5) is 13.2 Å². The van der Waals surface area contributed by atoms with Crippen molar-refractivity contribution in [2.24, 2.45) is 5.92 Å². The monoisotopic (exact) mass is 434 g/mol. The first kappa shape index (κ1) is 21.8. The number of hydrogen-bond acceptors (Lipinski definition) is 4. The average molecular weight is 434 g/mol. The topological polar surface area (TPSA) is 51.2 Å². The van der Waals surface area contributed by atoms with E-state index in [0.717, 1.165) is 42.0 Å². The molecule has 1 heterocycles. The van der Waals surface area contributed by atoms with Gasteiger partial charge in [-0.3, -0.25) is 4.79 Å². The van der Waals surface area contributed by atoms with Crippen LogP contribution in [0.5, 0.6) is 5.75 Å². The van der Waals surface area contributed by atoms with E-state index in [-0.39, 0.29) is 35.1 Å². The van der Waals surface area contributed by atoms with Crippen molar-refractivity contribution in [1.29, 1.82) is 0 Å². The van der Waals surface area contributed by atoms with Crippen LogP contribution in [-0.2, 0) is 6.61 Å². The van der Waals surface area contributed by atoms with E-state index in [0.29, 0.717) is 17.5 Å². The number of thiazole rings is 1. The van der Waals surface area contributed by atoms with Crippen LogP contribution in [0.15, 0.2) is 41.8 Å². The third kappa shape index (κ3) is 5.60. The first-order valence-electron chi connectivity index (χ1n) is 9.44. The summed E-state index contributed by atoms with van der Waals surface area (Å²) in [5, 5.41) is 4.74. The summed E-state index contributed by atoms with van der Waals surface area (Å²) in [4.78, 5) is 16.4. The van der Waals surface area contributed by atoms with E-state index < -0.39 is 17.5 Å². The molecule has 0 spiro atoms. The normalized spacial score (nSPS) is 11.0. The van der Waals surface area contributed by atoms with Crippen LogP contribution in [0.2, 0.25) is 0 Å². The van der Waals surface area contributed by atoms with Crippen molar-refractivity contribution in [3.05, 3.63) is 70.5 Å². The lowest BCUT2D eigenvalue weighted by molar-refractivity contribution is 0.0948. The van der Waals surface area contributed by atoms with Gasteiger partial charge in [0.25, 0.3) is 5.91 Å². The maximum atomic E-state index is 14.6. The van der Waals surface area contributed by atoms with Crippen LogP contribution in [0.25, 0.3) is 10.6 Å². The van der Waals surface area contributed by atoms with E-state index in [2.05, 4.69) is 24.1 Å². The molecule has 0 saturated heterocycles. The Morgan fingerprint density at radius 2 is 1.93 bits per heavy atom. The van der Waals surface area contributed by atoms with Crippen LogP contribution < -0.4 is 10.1 Å². The molecule has 3 aromatic rings. The lowest BCUT2D eigenvalue weighted by atomic mass is 10.1. The van der Waals surface area contributed by atoms with Gasteiger partial charge in [-0.25, -0.2) is 18.2 Å². The van der Waals surface area contributed by atoms with Crippen LogP contribution in [-0.4, -0.2) is 17.4 Å². The number of amides is 1. The molecule has 30 heavy (non-hydrogen) atoms. The summed E-state index contributed by atoms with van der Waals surface area (Å²) in [5.74, 6) is -1.42. The van der Waals surface area contributed by atoms with Crippen LogP contribution in [0.1, 0.15) is 36.3 Å². The fourth-order valence-electron chi connectivity index (χ4n) is 2.64. The molecule has 4 nitrogen and oxygen atoms in total. The van der Waals surface area contributed by atoms with Crippen molar-refractivity contribution in [3.63, 3.8) is 0 Å². The first-order valence-corrected chi connectivity index (χ1v) is 10.3. The first-order chi connectivity index (χ1) is 14.3. The van der Waals surface area contributed by atoms with Crippen molar-refractivity contribution in [1.82, 2.24) is 10.3 Å². The van der Waals surface area contributed by atoms with Crippen LogP contribution in [0.3, 0.4) is 0 Å². The Morgan fingerprint density at radius 3 is 2.67 bits per heavy atom. The third-order valence-corrected chi connectivity index (χ3v) is 5.19. The molecule has 1 N–H and O–H groups in total. The smallest absolute Gasteiger partial charge is 0.270 e. The highest BCUT2D eigenvalue weighted by atomic mass is 32.1. The van der Waals surface area contributed by atoms with Crippen molar-refractivity contribution >= 4 is 17.2 Å². The van der Waals surface area contributed by atoms with E-state index in [1.807, 2.05) is 0 Å². The summed E-state index contributed by atoms with van der Waals surface area (Å²) in [7, 11) is 0. The molecule has 0 saturated carbocycles. The Balaban J connectivity index is 1.66. The number of nitrogens with one attached hydrogen (secondary N) is 1. The molecule has 2 aromatic carbocycles. The van der Waals surface area contributed by atoms with Crippen molar-refractivity contribution in [2.75, 3.05) is 6.54 Å². The summed E-state index contributed by atoms with van der Waals surface area (Å²) in [6.45, 7) is 4.45. The number of benzene rings is 2. The molecule has 0 bridgehead atoms. The Labute approximate surface area is 176 Å². The molecule has 0 aliphatic carbocycles. The highest BCUT2D eigenvalue weighted by Crippen LogP contribution is 2.29. The summed E-state index contributed by atoms with van der Waals surface area (Å²) in [6.07, 6.45) is 0.859. The van der Waals surface area contributed by atoms with Gasteiger partial charge >= 0.3 is 0 Å². The summed E-state index contributed by atoms with van der Waals surface area (Å²) in [5.41, 5.74) is 0.498. The molecule has 0 radical (unpaired) electrons. The zero-order valence-corrected chi connectivity index (χ0v) is 17.4. The van der Waals surface area contributed by atoms with Gasteiger partial charge in [0.2, 0.25) is 0 Å². The lowest BCUT2D eigenvalue weighted by Crippen LogP contribution is -2.25. The second kappa shape index (κ2) is 9.75. The highest BCUT2D eigenvalue weighted by molar-refractivity contribution is 7.13. The maximum absolute atomic E-state index is 14.6. The number of halogens is 3. The third-order valence-electron chi connectivity index (χ3n) is 4.32. The SMILES string of the molecule is CC(C)CCNC(=O)c1csc(-c2ccc(OCc3cc(F)ccc3F)cc2F)n1. The molecule has 0 fully saturated rings. The van der Waals surface area contributed by atoms with E-state index in [4.69, 9.17) is 4.74 Å². The molecule has 0 unspecified atom stereocenters. The fraction of sp³-hybridized carbons (Fsp3) is 0.273. The van der Waals surface area contributed by atoms with Gasteiger partial charge in [0.15, 0.2) is 0 Å². The van der Waals surface area contributed by atoms with Gasteiger partial charge in [-0.1, -0.05) is 13.8 Å². The number of nitrogens with zero attached hydrogens (tertiary/aromatic N) is 1. The second-order valence-corrected chi connectivity index (χ2v) is 8.00. The van der Waals surface area contributed by atoms with Gasteiger partial charge in [0.1, 0.15) is 40.5 Å². The molecular weight excluding hydrogens is 413 g/mol. The predicted octanol–water partition coefficient (Wildman–Crippen LogP) is 5.58. The standard InChI is InChI=1S/C22H21F3N2O2S/c1-13(2)7-8-26-21(28)20-12-30-22(27-20)17-5-4-16(10-19(17)25)29-11-14-9-15(23)3-6-18(14)24/h3-6,9-10,12-13H,7-8,11H2,1-2H3,(H,26,28). The van der Waals surface area contributed by atoms with Gasteiger partial charge < -0.3 is 10.1 Å². The number of rotatable bonds is 8. The Bertz CT molecular complexity index is 1040. The summed E-state index contributed by atoms with van der Waals surface area (Å²) < 4.78 is 46.8. The Morgan fingerprint density at radius 1 is 1.13 bits per heavy atom. The highest BCUT2D eigenvalue weighted by Gasteiger charge is 2.15. The summed E-state index contributed by atoms with van der Waals surface area (Å²) >= 11 is 1.16. The minimum atomic E-state index is -0.601. The van der Waals surface area contributed by atoms with E-state index >= 15 is 0 Å². The zero-order chi connectivity index (χ0) is 21.7. The predicted molar refractivity (Wildman–Crippen MR) is 110 cm³/mol. The summed E-state index contributed by atoms with van der Waals surface area (Å²) in [6, 6.07) is 7.20. The van der Waals surface area contributed by atoms with Gasteiger partial charge in [-0.05, 0) is 42.7 Å². The van der Waals surface area contributed by atoms with Gasteiger partial charge in [0.05, 0.1) is 0 Å². The number of carbonyl (C=O) groups is 1. The molecule has 1 aromatic heterocycles. The molecule has 3 rings (SSSR count). The molecule has 0 atom stereocenters. The minimum absolute atomic E-state index is 0.0347. The van der Waals surface area contributed by atoms with Gasteiger partial charge in [-0.15, -0.1) is 11.3 Å². The molecule has 1 amide bonds. The Hall–Kier alpha value is -2.87. The van der Waals surface area contributed by atoms with Gasteiger partial charge in [0, 0.05) is 29.1 Å². The lowest BCUT2D eigenvalue weighted by Gasteiger charge is -2.09. The molecule has 8 heteroatoms. The maximum Gasteiger partial charge on any atom is 0.270 e. The largest absolute Gasteiger partial charge is 0.489 e. The van der Waals surface area contributed by atoms with E-state index in [1.54, 1.807) is 5.38 Å². The number of aromatic nitrogens is 1. The zero-order valence-electron chi connectivity index (χ0n) is 16.5. The second-order valence-electron chi connectivity index (χ2n) is 7.14. The van der Waals surface area contributed by atoms with Crippen molar-refractivity contribution in [2.45, 2.75) is 26.9 Å². The molecule has 158 valence electrons. The molecular formula is C22H21F3N2O2S. The molecule has 0 aliphatic heterocycles. The van der Waals surface area contributed by atoms with Crippen molar-refractivity contribution < 1.29 is 22.7 Å². The van der Waals surface area contributed by atoms with Crippen molar-refractivity contribution in [3.8, 4) is 16.3 Å².